The highest BCUT2D eigenvalue weighted by atomic mass is 16.3. The van der Waals surface area contributed by atoms with E-state index in [2.05, 4.69) is 9.55 Å². The van der Waals surface area contributed by atoms with Crippen LogP contribution in [-0.4, -0.2) is 14.7 Å². The van der Waals surface area contributed by atoms with E-state index in [1.54, 1.807) is 13.8 Å². The summed E-state index contributed by atoms with van der Waals surface area (Å²) in [7, 11) is 0. The van der Waals surface area contributed by atoms with Gasteiger partial charge in [0.25, 0.3) is 0 Å². The maximum Gasteiger partial charge on any atom is 0.141 e. The van der Waals surface area contributed by atoms with Crippen LogP contribution >= 0.6 is 0 Å². The molecule has 1 aromatic heterocycles. The average Bonchev–Trinajstić information content (AvgIpc) is 2.98. The van der Waals surface area contributed by atoms with Crippen LogP contribution in [0.5, 0.6) is 0 Å². The van der Waals surface area contributed by atoms with E-state index in [9.17, 15) is 5.11 Å². The molecule has 0 unspecified atom stereocenters. The molecule has 2 aromatic rings. The van der Waals surface area contributed by atoms with E-state index in [0.29, 0.717) is 6.04 Å². The molecule has 0 radical (unpaired) electrons. The van der Waals surface area contributed by atoms with Crippen LogP contribution in [0.25, 0.3) is 11.0 Å². The van der Waals surface area contributed by atoms with Crippen LogP contribution < -0.4 is 5.73 Å². The summed E-state index contributed by atoms with van der Waals surface area (Å²) < 4.78 is 2.14. The lowest BCUT2D eigenvalue weighted by atomic mass is 10.1. The number of benzene rings is 1. The van der Waals surface area contributed by atoms with E-state index in [-0.39, 0.29) is 0 Å². The molecule has 0 saturated heterocycles. The lowest BCUT2D eigenvalue weighted by molar-refractivity contribution is 0.0652. The Kier molecular flexibility index (Phi) is 2.01. The summed E-state index contributed by atoms with van der Waals surface area (Å²) in [6.45, 7) is 3.55. The van der Waals surface area contributed by atoms with Gasteiger partial charge in [-0.3, -0.25) is 0 Å². The van der Waals surface area contributed by atoms with Crippen LogP contribution in [0.1, 0.15) is 38.6 Å². The minimum absolute atomic E-state index is 0.475. The quantitative estimate of drug-likeness (QED) is 0.779. The number of hydrogen-bond acceptors (Lipinski definition) is 3. The Labute approximate surface area is 100 Å². The van der Waals surface area contributed by atoms with Gasteiger partial charge in [-0.25, -0.2) is 4.98 Å². The lowest BCUT2D eigenvalue weighted by Gasteiger charge is -2.18. The monoisotopic (exact) mass is 231 g/mol. The van der Waals surface area contributed by atoms with Crippen LogP contribution in [0, 0.1) is 0 Å². The molecule has 1 aliphatic rings. The summed E-state index contributed by atoms with van der Waals surface area (Å²) in [5.41, 5.74) is 7.58. The number of nitrogens with zero attached hydrogens (tertiary/aromatic N) is 2. The smallest absolute Gasteiger partial charge is 0.141 e. The van der Waals surface area contributed by atoms with Crippen molar-refractivity contribution in [3.8, 4) is 0 Å². The summed E-state index contributed by atoms with van der Waals surface area (Å²) in [6.07, 6.45) is 2.31. The first-order chi connectivity index (χ1) is 7.97. The Bertz CT molecular complexity index is 576. The molecule has 3 rings (SSSR count). The number of aromatic nitrogens is 2. The molecule has 0 atom stereocenters. The zero-order chi connectivity index (χ0) is 12.2. The number of anilines is 1. The molecular weight excluding hydrogens is 214 g/mol. The first-order valence-electron chi connectivity index (χ1n) is 5.97. The zero-order valence-electron chi connectivity index (χ0n) is 10.1. The molecule has 0 bridgehead atoms. The van der Waals surface area contributed by atoms with E-state index in [1.165, 1.54) is 0 Å². The number of hydrogen-bond donors (Lipinski definition) is 2. The standard InChI is InChI=1S/C13H17N3O/c1-13(2,17)12-15-10-6-3-8(14)7-11(10)16(12)9-4-5-9/h3,6-7,9,17H,4-5,14H2,1-2H3. The molecule has 3 N–H and O–H groups in total. The summed E-state index contributed by atoms with van der Waals surface area (Å²) in [5.74, 6) is 0.737. The SMILES string of the molecule is CC(C)(O)c1nc2ccc(N)cc2n1C1CC1. The van der Waals surface area contributed by atoms with Gasteiger partial charge in [0.1, 0.15) is 11.4 Å². The third-order valence-corrected chi connectivity index (χ3v) is 3.17. The van der Waals surface area contributed by atoms with Crippen molar-refractivity contribution in [2.45, 2.75) is 38.3 Å². The molecule has 1 aromatic carbocycles. The van der Waals surface area contributed by atoms with Gasteiger partial charge in [-0.1, -0.05) is 0 Å². The largest absolute Gasteiger partial charge is 0.399 e. The summed E-state index contributed by atoms with van der Waals surface area (Å²) in [5, 5.41) is 10.2. The maximum atomic E-state index is 10.2. The molecule has 1 fully saturated rings. The predicted octanol–water partition coefficient (Wildman–Crippen LogP) is 2.18. The van der Waals surface area contributed by atoms with Gasteiger partial charge in [0.05, 0.1) is 11.0 Å². The number of fused-ring (bicyclic) bond motifs is 1. The van der Waals surface area contributed by atoms with E-state index >= 15 is 0 Å². The van der Waals surface area contributed by atoms with Crippen molar-refractivity contribution in [3.05, 3.63) is 24.0 Å². The van der Waals surface area contributed by atoms with Crippen molar-refractivity contribution in [1.82, 2.24) is 9.55 Å². The molecule has 1 heterocycles. The predicted molar refractivity (Wildman–Crippen MR) is 67.7 cm³/mol. The van der Waals surface area contributed by atoms with Gasteiger partial charge in [0.15, 0.2) is 0 Å². The van der Waals surface area contributed by atoms with Gasteiger partial charge in [-0.05, 0) is 44.9 Å². The van der Waals surface area contributed by atoms with E-state index in [4.69, 9.17) is 5.73 Å². The first-order valence-corrected chi connectivity index (χ1v) is 5.97. The zero-order valence-corrected chi connectivity index (χ0v) is 10.1. The first kappa shape index (κ1) is 10.6. The highest BCUT2D eigenvalue weighted by Gasteiger charge is 2.33. The normalized spacial score (nSPS) is 16.6. The number of imidazole rings is 1. The molecule has 90 valence electrons. The minimum atomic E-state index is -0.920. The minimum Gasteiger partial charge on any atom is -0.399 e. The third kappa shape index (κ3) is 1.69. The second-order valence-electron chi connectivity index (χ2n) is 5.34. The Morgan fingerprint density at radius 1 is 1.41 bits per heavy atom. The van der Waals surface area contributed by atoms with Gasteiger partial charge in [-0.15, -0.1) is 0 Å². The fourth-order valence-electron chi connectivity index (χ4n) is 2.24. The van der Waals surface area contributed by atoms with E-state index in [1.807, 2.05) is 18.2 Å². The highest BCUT2D eigenvalue weighted by molar-refractivity contribution is 5.80. The second kappa shape index (κ2) is 3.23. The topological polar surface area (TPSA) is 64.1 Å². The van der Waals surface area contributed by atoms with E-state index < -0.39 is 5.60 Å². The molecule has 1 saturated carbocycles. The van der Waals surface area contributed by atoms with Crippen molar-refractivity contribution < 1.29 is 5.11 Å². The molecule has 1 aliphatic carbocycles. The maximum absolute atomic E-state index is 10.2. The Hall–Kier alpha value is -1.55. The van der Waals surface area contributed by atoms with Crippen molar-refractivity contribution in [2.24, 2.45) is 0 Å². The van der Waals surface area contributed by atoms with E-state index in [0.717, 1.165) is 35.4 Å². The van der Waals surface area contributed by atoms with Crippen molar-refractivity contribution in [1.29, 1.82) is 0 Å². The van der Waals surface area contributed by atoms with Gasteiger partial charge in [0, 0.05) is 11.7 Å². The van der Waals surface area contributed by atoms with Crippen LogP contribution in [0.15, 0.2) is 18.2 Å². The highest BCUT2D eigenvalue weighted by Crippen LogP contribution is 2.41. The second-order valence-corrected chi connectivity index (χ2v) is 5.34. The number of rotatable bonds is 2. The number of aliphatic hydroxyl groups is 1. The average molecular weight is 231 g/mol. The summed E-state index contributed by atoms with van der Waals surface area (Å²) >= 11 is 0. The lowest BCUT2D eigenvalue weighted by Crippen LogP contribution is -2.21. The summed E-state index contributed by atoms with van der Waals surface area (Å²) in [6, 6.07) is 6.18. The van der Waals surface area contributed by atoms with Crippen molar-refractivity contribution in [3.63, 3.8) is 0 Å². The Morgan fingerprint density at radius 2 is 2.12 bits per heavy atom. The van der Waals surface area contributed by atoms with Gasteiger partial charge in [0.2, 0.25) is 0 Å². The van der Waals surface area contributed by atoms with Crippen LogP contribution in [0.4, 0.5) is 5.69 Å². The molecule has 0 aliphatic heterocycles. The van der Waals surface area contributed by atoms with Crippen molar-refractivity contribution >= 4 is 16.7 Å². The Balaban J connectivity index is 2.31. The number of nitrogens with two attached hydrogens (primary N) is 1. The molecular formula is C13H17N3O. The molecule has 4 nitrogen and oxygen atoms in total. The van der Waals surface area contributed by atoms with Gasteiger partial charge in [-0.2, -0.15) is 0 Å². The van der Waals surface area contributed by atoms with Crippen LogP contribution in [0.3, 0.4) is 0 Å². The van der Waals surface area contributed by atoms with Gasteiger partial charge < -0.3 is 15.4 Å². The molecule has 0 amide bonds. The van der Waals surface area contributed by atoms with Gasteiger partial charge >= 0.3 is 0 Å². The summed E-state index contributed by atoms with van der Waals surface area (Å²) in [4.78, 5) is 4.54. The molecule has 0 spiro atoms. The number of nitrogen functional groups attached to an aromatic ring is 1. The fourth-order valence-corrected chi connectivity index (χ4v) is 2.24. The molecule has 17 heavy (non-hydrogen) atoms. The van der Waals surface area contributed by atoms with Crippen LogP contribution in [0.2, 0.25) is 0 Å². The van der Waals surface area contributed by atoms with Crippen LogP contribution in [-0.2, 0) is 5.60 Å². The third-order valence-electron chi connectivity index (χ3n) is 3.17. The molecule has 4 heteroatoms. The Morgan fingerprint density at radius 3 is 2.71 bits per heavy atom. The van der Waals surface area contributed by atoms with Crippen molar-refractivity contribution in [2.75, 3.05) is 5.73 Å². The fraction of sp³-hybridized carbons (Fsp3) is 0.462.